The Bertz CT molecular complexity index is 956. The number of likely N-dealkylation sites (N-methyl/N-ethyl adjacent to an activating group) is 1. The number of anilines is 2. The number of rotatable bonds is 8. The highest BCUT2D eigenvalue weighted by Crippen LogP contribution is 2.38. The fourth-order valence-corrected chi connectivity index (χ4v) is 3.94. The Morgan fingerprint density at radius 2 is 1.86 bits per heavy atom. The lowest BCUT2D eigenvalue weighted by Crippen LogP contribution is -2.43. The molecule has 0 radical (unpaired) electrons. The Morgan fingerprint density at radius 3 is 2.52 bits per heavy atom. The van der Waals surface area contributed by atoms with Crippen LogP contribution in [0.1, 0.15) is 13.8 Å². The van der Waals surface area contributed by atoms with Crippen LogP contribution in [-0.4, -0.2) is 37.7 Å². The summed E-state index contributed by atoms with van der Waals surface area (Å²) in [6.07, 6.45) is 0. The Hall–Kier alpha value is -3.06. The molecule has 2 aromatic carbocycles. The van der Waals surface area contributed by atoms with Gasteiger partial charge >= 0.3 is 0 Å². The number of nitrogens with one attached hydrogen (secondary N) is 1. The molecule has 0 saturated heterocycles. The fraction of sp³-hybridized carbons (Fsp3) is 0.273. The molecule has 0 aliphatic carbocycles. The van der Waals surface area contributed by atoms with Crippen LogP contribution in [0, 0.1) is 0 Å². The summed E-state index contributed by atoms with van der Waals surface area (Å²) in [5, 5.41) is 5.61. The summed E-state index contributed by atoms with van der Waals surface area (Å²) in [5.74, 6) is 1.41. The number of nitrogens with zero attached hydrogens (tertiary/aromatic N) is 2. The highest BCUT2D eigenvalue weighted by molar-refractivity contribution is 7.14. The molecule has 0 aliphatic rings. The van der Waals surface area contributed by atoms with Gasteiger partial charge in [-0.05, 0) is 50.2 Å². The predicted molar refractivity (Wildman–Crippen MR) is 117 cm³/mol. The first-order valence-electron chi connectivity index (χ1n) is 9.39. The van der Waals surface area contributed by atoms with Gasteiger partial charge in [-0.1, -0.05) is 12.1 Å². The normalized spacial score (nSPS) is 11.6. The van der Waals surface area contributed by atoms with Gasteiger partial charge in [0, 0.05) is 17.5 Å². The first kappa shape index (κ1) is 20.7. The Morgan fingerprint density at radius 1 is 1.14 bits per heavy atom. The maximum absolute atomic E-state index is 12.6. The first-order valence-corrected chi connectivity index (χ1v) is 10.3. The van der Waals surface area contributed by atoms with E-state index in [0.717, 1.165) is 27.8 Å². The molecule has 152 valence electrons. The maximum atomic E-state index is 12.6. The molecule has 1 atom stereocenters. The zero-order chi connectivity index (χ0) is 20.8. The zero-order valence-electron chi connectivity index (χ0n) is 17.0. The molecule has 29 heavy (non-hydrogen) atoms. The Labute approximate surface area is 175 Å². The molecule has 0 fully saturated rings. The SMILES string of the molecule is CCNC(=O)[C@H](C)N(c1nc(-c2ccc(OC)cc2)cs1)c1ccccc1OC. The second kappa shape index (κ2) is 9.43. The largest absolute Gasteiger partial charge is 0.497 e. The number of hydrogen-bond donors (Lipinski definition) is 1. The number of amides is 1. The highest BCUT2D eigenvalue weighted by Gasteiger charge is 2.27. The van der Waals surface area contributed by atoms with Crippen LogP contribution < -0.4 is 19.7 Å². The summed E-state index contributed by atoms with van der Waals surface area (Å²) in [5.41, 5.74) is 2.62. The van der Waals surface area contributed by atoms with E-state index in [0.29, 0.717) is 12.3 Å². The van der Waals surface area contributed by atoms with Gasteiger partial charge in [-0.2, -0.15) is 0 Å². The van der Waals surface area contributed by atoms with Crippen LogP contribution in [0.2, 0.25) is 0 Å². The molecule has 0 bridgehead atoms. The Kier molecular flexibility index (Phi) is 6.72. The molecule has 1 amide bonds. The van der Waals surface area contributed by atoms with E-state index in [1.807, 2.05) is 72.7 Å². The minimum atomic E-state index is -0.457. The minimum Gasteiger partial charge on any atom is -0.497 e. The van der Waals surface area contributed by atoms with Crippen molar-refractivity contribution in [3.05, 3.63) is 53.9 Å². The molecular weight excluding hydrogens is 386 g/mol. The number of ether oxygens (including phenoxy) is 2. The summed E-state index contributed by atoms with van der Waals surface area (Å²) < 4.78 is 10.8. The molecule has 0 unspecified atom stereocenters. The van der Waals surface area contributed by atoms with E-state index in [9.17, 15) is 4.79 Å². The van der Waals surface area contributed by atoms with E-state index in [1.165, 1.54) is 11.3 Å². The second-order valence-electron chi connectivity index (χ2n) is 6.36. The third kappa shape index (κ3) is 4.51. The van der Waals surface area contributed by atoms with Crippen molar-refractivity contribution in [2.24, 2.45) is 0 Å². The molecule has 0 spiro atoms. The number of para-hydroxylation sites is 2. The van der Waals surface area contributed by atoms with Gasteiger partial charge in [0.1, 0.15) is 17.5 Å². The third-order valence-corrected chi connectivity index (χ3v) is 5.39. The summed E-state index contributed by atoms with van der Waals surface area (Å²) in [6.45, 7) is 4.34. The molecular formula is C22H25N3O3S. The number of carbonyl (C=O) groups is 1. The van der Waals surface area contributed by atoms with Gasteiger partial charge in [-0.25, -0.2) is 4.98 Å². The minimum absolute atomic E-state index is 0.0698. The maximum Gasteiger partial charge on any atom is 0.242 e. The molecule has 6 nitrogen and oxygen atoms in total. The highest BCUT2D eigenvalue weighted by atomic mass is 32.1. The fourth-order valence-electron chi connectivity index (χ4n) is 3.01. The second-order valence-corrected chi connectivity index (χ2v) is 7.19. The molecule has 0 saturated carbocycles. The summed E-state index contributed by atoms with van der Waals surface area (Å²) in [7, 11) is 3.27. The van der Waals surface area contributed by atoms with Crippen molar-refractivity contribution in [1.82, 2.24) is 10.3 Å². The average molecular weight is 412 g/mol. The number of methoxy groups -OCH3 is 2. The van der Waals surface area contributed by atoms with Gasteiger partial charge < -0.3 is 19.7 Å². The van der Waals surface area contributed by atoms with Crippen LogP contribution in [0.5, 0.6) is 11.5 Å². The van der Waals surface area contributed by atoms with Crippen molar-refractivity contribution < 1.29 is 14.3 Å². The summed E-state index contributed by atoms with van der Waals surface area (Å²) in [6, 6.07) is 14.9. The molecule has 1 N–H and O–H groups in total. The Balaban J connectivity index is 2.02. The number of aromatic nitrogens is 1. The summed E-state index contributed by atoms with van der Waals surface area (Å²) in [4.78, 5) is 19.4. The van der Waals surface area contributed by atoms with Crippen molar-refractivity contribution >= 4 is 28.1 Å². The van der Waals surface area contributed by atoms with Crippen molar-refractivity contribution in [2.45, 2.75) is 19.9 Å². The van der Waals surface area contributed by atoms with Crippen LogP contribution in [0.4, 0.5) is 10.8 Å². The van der Waals surface area contributed by atoms with Crippen LogP contribution in [0.25, 0.3) is 11.3 Å². The molecule has 0 aliphatic heterocycles. The zero-order valence-corrected chi connectivity index (χ0v) is 17.8. The summed E-state index contributed by atoms with van der Waals surface area (Å²) >= 11 is 1.49. The van der Waals surface area contributed by atoms with Crippen LogP contribution in [0.3, 0.4) is 0 Å². The number of thiazole rings is 1. The number of carbonyl (C=O) groups excluding carboxylic acids is 1. The van der Waals surface area contributed by atoms with E-state index in [2.05, 4.69) is 5.32 Å². The van der Waals surface area contributed by atoms with Gasteiger partial charge in [0.25, 0.3) is 0 Å². The third-order valence-electron chi connectivity index (χ3n) is 4.55. The van der Waals surface area contributed by atoms with E-state index in [4.69, 9.17) is 14.5 Å². The van der Waals surface area contributed by atoms with Gasteiger partial charge in [0.15, 0.2) is 5.13 Å². The van der Waals surface area contributed by atoms with Crippen molar-refractivity contribution in [1.29, 1.82) is 0 Å². The van der Waals surface area contributed by atoms with Crippen LogP contribution in [-0.2, 0) is 4.79 Å². The van der Waals surface area contributed by atoms with Crippen molar-refractivity contribution in [3.63, 3.8) is 0 Å². The lowest BCUT2D eigenvalue weighted by atomic mass is 10.2. The first-order chi connectivity index (χ1) is 14.1. The quantitative estimate of drug-likeness (QED) is 0.592. The van der Waals surface area contributed by atoms with Crippen molar-refractivity contribution in [3.8, 4) is 22.8 Å². The van der Waals surface area contributed by atoms with E-state index in [-0.39, 0.29) is 5.91 Å². The number of benzene rings is 2. The van der Waals surface area contributed by atoms with E-state index in [1.54, 1.807) is 14.2 Å². The predicted octanol–water partition coefficient (Wildman–Crippen LogP) is 4.49. The lowest BCUT2D eigenvalue weighted by Gasteiger charge is -2.29. The lowest BCUT2D eigenvalue weighted by molar-refractivity contribution is -0.121. The van der Waals surface area contributed by atoms with Crippen LogP contribution >= 0.6 is 11.3 Å². The topological polar surface area (TPSA) is 63.7 Å². The average Bonchev–Trinajstić information content (AvgIpc) is 3.24. The molecule has 7 heteroatoms. The monoisotopic (exact) mass is 411 g/mol. The van der Waals surface area contributed by atoms with Crippen LogP contribution in [0.15, 0.2) is 53.9 Å². The van der Waals surface area contributed by atoms with Gasteiger partial charge in [0.05, 0.1) is 25.6 Å². The molecule has 1 heterocycles. The van der Waals surface area contributed by atoms with Crippen molar-refractivity contribution in [2.75, 3.05) is 25.7 Å². The smallest absolute Gasteiger partial charge is 0.242 e. The molecule has 1 aromatic heterocycles. The standard InChI is InChI=1S/C22H25N3O3S/c1-5-23-21(26)15(2)25(19-8-6-7-9-20(19)28-4)22-24-18(14-29-22)16-10-12-17(27-3)13-11-16/h6-15H,5H2,1-4H3,(H,23,26)/t15-/m0/s1. The van der Waals surface area contributed by atoms with E-state index >= 15 is 0 Å². The van der Waals surface area contributed by atoms with Gasteiger partial charge in [-0.3, -0.25) is 4.79 Å². The number of hydrogen-bond acceptors (Lipinski definition) is 6. The van der Waals surface area contributed by atoms with E-state index < -0.39 is 6.04 Å². The molecule has 3 aromatic rings. The molecule has 3 rings (SSSR count). The van der Waals surface area contributed by atoms with Gasteiger partial charge in [0.2, 0.25) is 5.91 Å². The van der Waals surface area contributed by atoms with Gasteiger partial charge in [-0.15, -0.1) is 11.3 Å².